The first-order valence-electron chi connectivity index (χ1n) is 7.05. The Labute approximate surface area is 129 Å². The first-order valence-corrected chi connectivity index (χ1v) is 7.43. The van der Waals surface area contributed by atoms with Crippen LogP contribution in [0.5, 0.6) is 0 Å². The maximum absolute atomic E-state index is 11.7. The first-order chi connectivity index (χ1) is 9.83. The summed E-state index contributed by atoms with van der Waals surface area (Å²) in [5.74, 6) is 0.825. The molecule has 0 bridgehead atoms. The zero-order valence-corrected chi connectivity index (χ0v) is 13.4. The Morgan fingerprint density at radius 2 is 2.05 bits per heavy atom. The molecule has 1 N–H and O–H groups in total. The van der Waals surface area contributed by atoms with Gasteiger partial charge in [-0.1, -0.05) is 11.6 Å². The van der Waals surface area contributed by atoms with Gasteiger partial charge < -0.3 is 15.0 Å². The van der Waals surface area contributed by atoms with Crippen LogP contribution in [0.4, 0.5) is 10.6 Å². The Morgan fingerprint density at radius 1 is 1.38 bits per heavy atom. The molecular formula is C14H21ClN4O2. The number of hydrogen-bond donors (Lipinski definition) is 1. The van der Waals surface area contributed by atoms with Crippen LogP contribution in [-0.2, 0) is 4.74 Å². The summed E-state index contributed by atoms with van der Waals surface area (Å²) in [6, 6.07) is 1.89. The number of amides is 1. The number of anilines is 1. The van der Waals surface area contributed by atoms with Gasteiger partial charge in [-0.15, -0.1) is 0 Å². The van der Waals surface area contributed by atoms with Gasteiger partial charge in [0.2, 0.25) is 0 Å². The predicted octanol–water partition coefficient (Wildman–Crippen LogP) is 2.62. The maximum atomic E-state index is 11.7. The molecule has 0 aromatic carbocycles. The number of piperidine rings is 1. The monoisotopic (exact) mass is 312 g/mol. The molecule has 1 amide bonds. The fourth-order valence-corrected chi connectivity index (χ4v) is 2.37. The van der Waals surface area contributed by atoms with E-state index < -0.39 is 5.60 Å². The van der Waals surface area contributed by atoms with Crippen molar-refractivity contribution in [3.8, 4) is 0 Å². The summed E-state index contributed by atoms with van der Waals surface area (Å²) in [5, 5.41) is 3.35. The van der Waals surface area contributed by atoms with E-state index in [9.17, 15) is 4.79 Å². The molecule has 0 radical (unpaired) electrons. The van der Waals surface area contributed by atoms with Gasteiger partial charge >= 0.3 is 6.09 Å². The third-order valence-corrected chi connectivity index (χ3v) is 3.37. The van der Waals surface area contributed by atoms with E-state index in [0.29, 0.717) is 5.15 Å². The lowest BCUT2D eigenvalue weighted by atomic mass is 10.1. The van der Waals surface area contributed by atoms with Crippen molar-refractivity contribution in [2.45, 2.75) is 45.3 Å². The topological polar surface area (TPSA) is 67.3 Å². The summed E-state index contributed by atoms with van der Waals surface area (Å²) in [6.07, 6.45) is 2.80. The lowest BCUT2D eigenvalue weighted by molar-refractivity contribution is 0.0497. The van der Waals surface area contributed by atoms with E-state index in [4.69, 9.17) is 16.3 Å². The molecule has 2 rings (SSSR count). The summed E-state index contributed by atoms with van der Waals surface area (Å²) >= 11 is 5.87. The van der Waals surface area contributed by atoms with E-state index in [1.54, 1.807) is 6.07 Å². The van der Waals surface area contributed by atoms with Crippen LogP contribution < -0.4 is 10.2 Å². The Balaban J connectivity index is 1.82. The number of halogens is 1. The van der Waals surface area contributed by atoms with Crippen molar-refractivity contribution < 1.29 is 9.53 Å². The standard InChI is InChI=1S/C14H21ClN4O2/c1-14(2,3)21-13(20)18-10-4-6-19(7-5-10)12-8-11(15)16-9-17-12/h8-10H,4-7H2,1-3H3,(H,18,20). The highest BCUT2D eigenvalue weighted by Gasteiger charge is 2.24. The maximum Gasteiger partial charge on any atom is 0.407 e. The molecule has 116 valence electrons. The molecule has 6 nitrogen and oxygen atoms in total. The van der Waals surface area contributed by atoms with E-state index in [1.807, 2.05) is 20.8 Å². The highest BCUT2D eigenvalue weighted by atomic mass is 35.5. The van der Waals surface area contributed by atoms with Crippen LogP contribution in [0.3, 0.4) is 0 Å². The Kier molecular flexibility index (Phi) is 4.88. The summed E-state index contributed by atoms with van der Waals surface area (Å²) in [6.45, 7) is 7.19. The molecule has 1 aliphatic heterocycles. The van der Waals surface area contributed by atoms with Gasteiger partial charge in [0.1, 0.15) is 22.9 Å². The van der Waals surface area contributed by atoms with Gasteiger partial charge in [0.25, 0.3) is 0 Å². The molecule has 0 unspecified atom stereocenters. The molecule has 1 fully saturated rings. The average molecular weight is 313 g/mol. The lowest BCUT2D eigenvalue weighted by Crippen LogP contribution is -2.46. The van der Waals surface area contributed by atoms with Gasteiger partial charge in [-0.25, -0.2) is 14.8 Å². The van der Waals surface area contributed by atoms with E-state index in [-0.39, 0.29) is 12.1 Å². The molecule has 1 aliphatic rings. The number of aromatic nitrogens is 2. The lowest BCUT2D eigenvalue weighted by Gasteiger charge is -2.33. The van der Waals surface area contributed by atoms with Gasteiger partial charge in [0.15, 0.2) is 0 Å². The molecular weight excluding hydrogens is 292 g/mol. The van der Waals surface area contributed by atoms with Crippen molar-refractivity contribution in [3.63, 3.8) is 0 Å². The molecule has 0 atom stereocenters. The highest BCUT2D eigenvalue weighted by Crippen LogP contribution is 2.19. The van der Waals surface area contributed by atoms with Gasteiger partial charge in [0.05, 0.1) is 0 Å². The number of hydrogen-bond acceptors (Lipinski definition) is 5. The molecule has 21 heavy (non-hydrogen) atoms. The normalized spacial score (nSPS) is 16.7. The molecule has 1 saturated heterocycles. The van der Waals surface area contributed by atoms with Crippen molar-refractivity contribution in [2.24, 2.45) is 0 Å². The second-order valence-corrected chi connectivity index (χ2v) is 6.49. The number of nitrogens with one attached hydrogen (secondary N) is 1. The number of ether oxygens (including phenoxy) is 1. The van der Waals surface area contributed by atoms with Gasteiger partial charge in [0, 0.05) is 25.2 Å². The Hall–Kier alpha value is -1.56. The number of carbonyl (C=O) groups excluding carboxylic acids is 1. The summed E-state index contributed by atoms with van der Waals surface area (Å²) < 4.78 is 5.27. The van der Waals surface area contributed by atoms with Crippen molar-refractivity contribution in [1.29, 1.82) is 0 Å². The Bertz CT molecular complexity index is 496. The fraction of sp³-hybridized carbons (Fsp3) is 0.643. The van der Waals surface area contributed by atoms with Crippen LogP contribution in [0.2, 0.25) is 5.15 Å². The number of rotatable bonds is 2. The molecule has 7 heteroatoms. The summed E-state index contributed by atoms with van der Waals surface area (Å²) in [7, 11) is 0. The Morgan fingerprint density at radius 3 is 2.62 bits per heavy atom. The molecule has 1 aromatic heterocycles. The number of carbonyl (C=O) groups is 1. The molecule has 1 aromatic rings. The SMILES string of the molecule is CC(C)(C)OC(=O)NC1CCN(c2cc(Cl)ncn2)CC1. The van der Waals surface area contributed by atoms with Crippen LogP contribution in [-0.4, -0.2) is 40.8 Å². The molecule has 0 saturated carbocycles. The van der Waals surface area contributed by atoms with Crippen LogP contribution in [0.25, 0.3) is 0 Å². The minimum Gasteiger partial charge on any atom is -0.444 e. The zero-order chi connectivity index (χ0) is 15.5. The van der Waals surface area contributed by atoms with Gasteiger partial charge in [-0.3, -0.25) is 0 Å². The van der Waals surface area contributed by atoms with E-state index in [2.05, 4.69) is 20.2 Å². The van der Waals surface area contributed by atoms with Gasteiger partial charge in [-0.2, -0.15) is 0 Å². The van der Waals surface area contributed by atoms with Crippen molar-refractivity contribution in [1.82, 2.24) is 15.3 Å². The minimum atomic E-state index is -0.470. The van der Waals surface area contributed by atoms with Crippen LogP contribution in [0, 0.1) is 0 Å². The second-order valence-electron chi connectivity index (χ2n) is 6.11. The number of alkyl carbamates (subject to hydrolysis) is 1. The van der Waals surface area contributed by atoms with Gasteiger partial charge in [-0.05, 0) is 33.6 Å². The third-order valence-electron chi connectivity index (χ3n) is 3.16. The summed E-state index contributed by atoms with van der Waals surface area (Å²) in [5.41, 5.74) is -0.470. The zero-order valence-electron chi connectivity index (χ0n) is 12.6. The highest BCUT2D eigenvalue weighted by molar-refractivity contribution is 6.29. The van der Waals surface area contributed by atoms with Crippen molar-refractivity contribution in [3.05, 3.63) is 17.5 Å². The minimum absolute atomic E-state index is 0.133. The molecule has 0 aliphatic carbocycles. The quantitative estimate of drug-likeness (QED) is 0.850. The molecule has 0 spiro atoms. The average Bonchev–Trinajstić information content (AvgIpc) is 2.37. The van der Waals surface area contributed by atoms with E-state index in [1.165, 1.54) is 6.33 Å². The third kappa shape index (κ3) is 5.04. The smallest absolute Gasteiger partial charge is 0.407 e. The van der Waals surface area contributed by atoms with Crippen molar-refractivity contribution >= 4 is 23.5 Å². The van der Waals surface area contributed by atoms with E-state index in [0.717, 1.165) is 31.7 Å². The van der Waals surface area contributed by atoms with Crippen LogP contribution >= 0.6 is 11.6 Å². The van der Waals surface area contributed by atoms with Crippen LogP contribution in [0.1, 0.15) is 33.6 Å². The second kappa shape index (κ2) is 6.47. The van der Waals surface area contributed by atoms with Crippen LogP contribution in [0.15, 0.2) is 12.4 Å². The largest absolute Gasteiger partial charge is 0.444 e. The first kappa shape index (κ1) is 15.8. The fourth-order valence-electron chi connectivity index (χ4n) is 2.22. The molecule has 2 heterocycles. The predicted molar refractivity (Wildman–Crippen MR) is 81.6 cm³/mol. The number of nitrogens with zero attached hydrogens (tertiary/aromatic N) is 3. The van der Waals surface area contributed by atoms with E-state index >= 15 is 0 Å². The van der Waals surface area contributed by atoms with Crippen molar-refractivity contribution in [2.75, 3.05) is 18.0 Å². The summed E-state index contributed by atoms with van der Waals surface area (Å²) in [4.78, 5) is 22.0.